The minimum Gasteiger partial charge on any atom is -0.332 e. The number of hydrogen-bond acceptors (Lipinski definition) is 5. The number of carbonyl (C=O) groups excluding carboxylic acids is 1. The van der Waals surface area contributed by atoms with Crippen LogP contribution >= 0.6 is 11.3 Å². The Hall–Kier alpha value is -3.97. The molecule has 2 aromatic carbocycles. The lowest BCUT2D eigenvalue weighted by Gasteiger charge is -2.09. The van der Waals surface area contributed by atoms with Crippen LogP contribution in [0.4, 0.5) is 16.5 Å². The molecule has 0 aliphatic heterocycles. The second kappa shape index (κ2) is 8.28. The highest BCUT2D eigenvalue weighted by molar-refractivity contribution is 7.14. The van der Waals surface area contributed by atoms with Gasteiger partial charge in [0.15, 0.2) is 5.13 Å². The van der Waals surface area contributed by atoms with E-state index in [-0.39, 0.29) is 5.91 Å². The molecule has 0 bridgehead atoms. The summed E-state index contributed by atoms with van der Waals surface area (Å²) < 4.78 is 2.05. The van der Waals surface area contributed by atoms with Crippen LogP contribution in [0.5, 0.6) is 0 Å². The molecule has 5 rings (SSSR count). The summed E-state index contributed by atoms with van der Waals surface area (Å²) in [5.74, 6) is -0.149. The number of anilines is 3. The van der Waals surface area contributed by atoms with Crippen molar-refractivity contribution in [3.63, 3.8) is 0 Å². The first-order valence-electron chi connectivity index (χ1n) is 10.2. The third-order valence-corrected chi connectivity index (χ3v) is 5.98. The maximum Gasteiger partial charge on any atom is 0.255 e. The molecule has 0 aliphatic rings. The maximum atomic E-state index is 12.7. The first-order valence-corrected chi connectivity index (χ1v) is 11.1. The number of para-hydroxylation sites is 1. The lowest BCUT2D eigenvalue weighted by molar-refractivity contribution is 0.102. The van der Waals surface area contributed by atoms with Gasteiger partial charge in [0.1, 0.15) is 11.3 Å². The van der Waals surface area contributed by atoms with E-state index >= 15 is 0 Å². The van der Waals surface area contributed by atoms with E-state index in [1.807, 2.05) is 90.5 Å². The second-order valence-corrected chi connectivity index (χ2v) is 8.35. The second-order valence-electron chi connectivity index (χ2n) is 7.49. The first kappa shape index (κ1) is 20.0. The predicted octanol–water partition coefficient (Wildman–Crippen LogP) is 6.07. The van der Waals surface area contributed by atoms with Gasteiger partial charge in [0.25, 0.3) is 5.91 Å². The van der Waals surface area contributed by atoms with Gasteiger partial charge in [-0.15, -0.1) is 11.3 Å². The van der Waals surface area contributed by atoms with E-state index in [2.05, 4.69) is 15.6 Å². The number of pyridine rings is 1. The highest BCUT2D eigenvalue weighted by Gasteiger charge is 2.14. The molecule has 3 heterocycles. The van der Waals surface area contributed by atoms with Crippen molar-refractivity contribution < 1.29 is 4.79 Å². The minimum absolute atomic E-state index is 0.149. The number of aromatic nitrogens is 3. The zero-order valence-corrected chi connectivity index (χ0v) is 18.5. The Bertz CT molecular complexity index is 1440. The van der Waals surface area contributed by atoms with Crippen LogP contribution in [0.25, 0.3) is 17.0 Å². The van der Waals surface area contributed by atoms with Crippen molar-refractivity contribution in [2.24, 2.45) is 0 Å². The van der Waals surface area contributed by atoms with E-state index in [0.29, 0.717) is 5.56 Å². The number of aryl methyl sites for hydroxylation is 2. The van der Waals surface area contributed by atoms with Crippen molar-refractivity contribution in [2.45, 2.75) is 13.8 Å². The number of fused-ring (bicyclic) bond motifs is 1. The number of amides is 1. The van der Waals surface area contributed by atoms with Crippen molar-refractivity contribution >= 4 is 39.4 Å². The van der Waals surface area contributed by atoms with Crippen LogP contribution in [0, 0.1) is 13.8 Å². The number of nitrogens with zero attached hydrogens (tertiary/aromatic N) is 3. The zero-order valence-electron chi connectivity index (χ0n) is 17.7. The molecule has 0 radical (unpaired) electrons. The number of hydrogen-bond donors (Lipinski definition) is 2. The molecule has 32 heavy (non-hydrogen) atoms. The number of rotatable bonds is 5. The Kier molecular flexibility index (Phi) is 5.17. The molecule has 1 amide bonds. The molecule has 0 atom stereocenters. The average Bonchev–Trinajstić information content (AvgIpc) is 3.38. The van der Waals surface area contributed by atoms with E-state index in [4.69, 9.17) is 4.98 Å². The molecule has 7 heteroatoms. The van der Waals surface area contributed by atoms with E-state index in [9.17, 15) is 4.79 Å². The molecule has 0 spiro atoms. The smallest absolute Gasteiger partial charge is 0.255 e. The average molecular weight is 440 g/mol. The van der Waals surface area contributed by atoms with Crippen LogP contribution in [0.1, 0.15) is 21.6 Å². The van der Waals surface area contributed by atoms with Gasteiger partial charge in [-0.05, 0) is 55.8 Å². The lowest BCUT2D eigenvalue weighted by atomic mass is 10.1. The summed E-state index contributed by atoms with van der Waals surface area (Å²) in [5, 5.41) is 9.06. The molecule has 0 aliphatic carbocycles. The van der Waals surface area contributed by atoms with Gasteiger partial charge in [-0.3, -0.25) is 9.20 Å². The summed E-state index contributed by atoms with van der Waals surface area (Å²) in [6, 6.07) is 21.1. The largest absolute Gasteiger partial charge is 0.332 e. The molecule has 0 unspecified atom stereocenters. The van der Waals surface area contributed by atoms with Crippen molar-refractivity contribution in [3.05, 3.63) is 95.1 Å². The van der Waals surface area contributed by atoms with Gasteiger partial charge in [0.2, 0.25) is 0 Å². The number of imidazole rings is 1. The predicted molar refractivity (Wildman–Crippen MR) is 130 cm³/mol. The topological polar surface area (TPSA) is 71.3 Å². The number of benzene rings is 2. The van der Waals surface area contributed by atoms with Crippen LogP contribution in [0.2, 0.25) is 0 Å². The quantitative estimate of drug-likeness (QED) is 0.349. The fraction of sp³-hybridized carbons (Fsp3) is 0.0800. The summed E-state index contributed by atoms with van der Waals surface area (Å²) in [6.45, 7) is 3.96. The monoisotopic (exact) mass is 439 g/mol. The van der Waals surface area contributed by atoms with Crippen LogP contribution in [0.15, 0.2) is 78.3 Å². The van der Waals surface area contributed by atoms with Gasteiger partial charge >= 0.3 is 0 Å². The number of nitrogens with one attached hydrogen (secondary N) is 2. The molecule has 0 saturated heterocycles. The van der Waals surface area contributed by atoms with E-state index in [1.54, 1.807) is 6.07 Å². The molecule has 0 saturated carbocycles. The Morgan fingerprint density at radius 2 is 1.81 bits per heavy atom. The molecular formula is C25H21N5OS. The van der Waals surface area contributed by atoms with Gasteiger partial charge in [-0.2, -0.15) is 0 Å². The third kappa shape index (κ3) is 3.86. The molecular weight excluding hydrogens is 418 g/mol. The SMILES string of the molecule is Cc1ccccc1NC(=O)c1cccc(Nc2nc(-c3c(C)nc4ccccn34)cs2)c1. The van der Waals surface area contributed by atoms with Crippen molar-refractivity contribution in [1.29, 1.82) is 0 Å². The molecule has 3 aromatic heterocycles. The lowest BCUT2D eigenvalue weighted by Crippen LogP contribution is -2.12. The summed E-state index contributed by atoms with van der Waals surface area (Å²) in [4.78, 5) is 22.1. The Labute approximate surface area is 189 Å². The summed E-state index contributed by atoms with van der Waals surface area (Å²) in [6.07, 6.45) is 1.99. The minimum atomic E-state index is -0.149. The Morgan fingerprint density at radius 1 is 0.969 bits per heavy atom. The normalized spacial score (nSPS) is 10.9. The summed E-state index contributed by atoms with van der Waals surface area (Å²) in [7, 11) is 0. The van der Waals surface area contributed by atoms with Gasteiger partial charge in [0.05, 0.1) is 11.4 Å². The molecule has 158 valence electrons. The number of thiazole rings is 1. The molecule has 0 fully saturated rings. The highest BCUT2D eigenvalue weighted by Crippen LogP contribution is 2.30. The van der Waals surface area contributed by atoms with E-state index in [0.717, 1.165) is 44.8 Å². The first-order chi connectivity index (χ1) is 15.6. The molecule has 6 nitrogen and oxygen atoms in total. The van der Waals surface area contributed by atoms with Crippen molar-refractivity contribution in [3.8, 4) is 11.4 Å². The standard InChI is InChI=1S/C25H21N5OS/c1-16-8-3-4-11-20(16)28-24(31)18-9-7-10-19(14-18)27-25-29-21(15-32-25)23-17(2)26-22-12-5-6-13-30(22)23/h3-15H,1-2H3,(H,27,29)(H,28,31). The van der Waals surface area contributed by atoms with E-state index < -0.39 is 0 Å². The summed E-state index contributed by atoms with van der Waals surface area (Å²) in [5.41, 5.74) is 6.89. The molecule has 2 N–H and O–H groups in total. The van der Waals surface area contributed by atoms with E-state index in [1.165, 1.54) is 11.3 Å². The van der Waals surface area contributed by atoms with Crippen LogP contribution in [0.3, 0.4) is 0 Å². The van der Waals surface area contributed by atoms with Crippen LogP contribution in [-0.4, -0.2) is 20.3 Å². The van der Waals surface area contributed by atoms with Crippen molar-refractivity contribution in [2.75, 3.05) is 10.6 Å². The van der Waals surface area contributed by atoms with Gasteiger partial charge in [0, 0.05) is 28.5 Å². The van der Waals surface area contributed by atoms with Crippen LogP contribution in [-0.2, 0) is 0 Å². The third-order valence-electron chi connectivity index (χ3n) is 5.22. The zero-order chi connectivity index (χ0) is 22.1. The molecule has 5 aromatic rings. The van der Waals surface area contributed by atoms with Gasteiger partial charge in [-0.25, -0.2) is 9.97 Å². The fourth-order valence-electron chi connectivity index (χ4n) is 3.63. The maximum absolute atomic E-state index is 12.7. The Balaban J connectivity index is 1.37. The van der Waals surface area contributed by atoms with Gasteiger partial charge in [-0.1, -0.05) is 30.3 Å². The van der Waals surface area contributed by atoms with Crippen LogP contribution < -0.4 is 10.6 Å². The number of carbonyl (C=O) groups is 1. The Morgan fingerprint density at radius 3 is 2.69 bits per heavy atom. The summed E-state index contributed by atoms with van der Waals surface area (Å²) >= 11 is 1.51. The van der Waals surface area contributed by atoms with Crippen molar-refractivity contribution in [1.82, 2.24) is 14.4 Å². The highest BCUT2D eigenvalue weighted by atomic mass is 32.1. The van der Waals surface area contributed by atoms with Gasteiger partial charge < -0.3 is 10.6 Å². The fourth-order valence-corrected chi connectivity index (χ4v) is 4.35.